The molecule has 1 fully saturated rings. The molecule has 5 rings (SSSR count). The fourth-order valence-corrected chi connectivity index (χ4v) is 4.75. The number of Topliss-reactive ketones (excluding diaryl/α,β-unsaturated/α-hetero) is 1. The fraction of sp³-hybridized carbons (Fsp3) is 0.360. The Morgan fingerprint density at radius 2 is 1.59 bits per heavy atom. The minimum atomic E-state index is -0.577. The lowest BCUT2D eigenvalue weighted by Crippen LogP contribution is -2.33. The smallest absolute Gasteiger partial charge is 0.414 e. The number of rotatable bonds is 6. The van der Waals surface area contributed by atoms with Gasteiger partial charge in [0.15, 0.2) is 0 Å². The van der Waals surface area contributed by atoms with Gasteiger partial charge in [0.2, 0.25) is 0 Å². The van der Waals surface area contributed by atoms with Crippen LogP contribution in [0.4, 0.5) is 26.2 Å². The largest absolute Gasteiger partial charge is 0.444 e. The Hall–Kier alpha value is -4.35. The molecule has 2 aliphatic heterocycles. The van der Waals surface area contributed by atoms with Crippen LogP contribution in [0.15, 0.2) is 52.1 Å². The summed E-state index contributed by atoms with van der Waals surface area (Å²) in [6.45, 7) is 2.71. The normalized spacial score (nSPS) is 17.5. The van der Waals surface area contributed by atoms with Crippen molar-refractivity contribution in [3.63, 3.8) is 0 Å². The summed E-state index contributed by atoms with van der Waals surface area (Å²) in [7, 11) is 0. The van der Waals surface area contributed by atoms with Crippen LogP contribution < -0.4 is 26.9 Å². The molecule has 0 radical (unpaired) electrons. The van der Waals surface area contributed by atoms with Crippen molar-refractivity contribution in [1.82, 2.24) is 13.9 Å². The number of fused-ring (bicyclic) bond motifs is 1. The highest BCUT2D eigenvalue weighted by molar-refractivity contribution is 5.90. The maximum Gasteiger partial charge on any atom is 0.414 e. The number of carbonyl (C=O) groups excluding carboxylic acids is 2. The first-order valence-electron chi connectivity index (χ1n) is 12.0. The van der Waals surface area contributed by atoms with Gasteiger partial charge in [-0.15, -0.1) is 0 Å². The molecule has 0 spiro atoms. The predicted octanol–water partition coefficient (Wildman–Crippen LogP) is 1.74. The quantitative estimate of drug-likeness (QED) is 0.501. The van der Waals surface area contributed by atoms with Gasteiger partial charge >= 0.3 is 17.5 Å². The number of amides is 1. The number of hydrogen-bond acceptors (Lipinski definition) is 7. The van der Waals surface area contributed by atoms with Gasteiger partial charge in [0.25, 0.3) is 0 Å². The number of hydrogen-bond donors (Lipinski definition) is 1. The van der Waals surface area contributed by atoms with Gasteiger partial charge in [-0.25, -0.2) is 32.7 Å². The summed E-state index contributed by atoms with van der Waals surface area (Å²) in [5.74, 6) is -0.517. The van der Waals surface area contributed by atoms with Gasteiger partial charge in [0, 0.05) is 25.2 Å². The van der Waals surface area contributed by atoms with Crippen LogP contribution in [-0.4, -0.2) is 51.5 Å². The Bertz CT molecular complexity index is 1430. The molecule has 0 bridgehead atoms. The lowest BCUT2D eigenvalue weighted by atomic mass is 10.1. The van der Waals surface area contributed by atoms with Gasteiger partial charge in [-0.1, -0.05) is 0 Å². The minimum absolute atomic E-state index is 0.0144. The summed E-state index contributed by atoms with van der Waals surface area (Å²) in [5, 5.41) is 0. The fourth-order valence-electron chi connectivity index (χ4n) is 4.75. The second kappa shape index (κ2) is 9.60. The number of ether oxygens (including phenoxy) is 1. The Morgan fingerprint density at radius 1 is 0.973 bits per heavy atom. The van der Waals surface area contributed by atoms with E-state index in [0.717, 1.165) is 4.57 Å². The van der Waals surface area contributed by atoms with Crippen LogP contribution in [0.1, 0.15) is 19.8 Å². The SMILES string of the molecule is CC(=O)CC[C@H]1CN(c2ccc(N3CCn4c(=O)n(-c5ccc(N)cc5)c(=O)n4CC3)c(F)c2)C(=O)O1. The van der Waals surface area contributed by atoms with Crippen molar-refractivity contribution in [2.75, 3.05) is 35.2 Å². The van der Waals surface area contributed by atoms with Crippen molar-refractivity contribution in [1.29, 1.82) is 0 Å². The number of aromatic nitrogens is 3. The first kappa shape index (κ1) is 24.3. The van der Waals surface area contributed by atoms with Gasteiger partial charge in [0.1, 0.15) is 17.7 Å². The maximum absolute atomic E-state index is 15.2. The molecule has 0 aliphatic carbocycles. The summed E-state index contributed by atoms with van der Waals surface area (Å²) in [4.78, 5) is 52.7. The third-order valence-corrected chi connectivity index (χ3v) is 6.71. The van der Waals surface area contributed by atoms with Crippen LogP contribution in [-0.2, 0) is 22.6 Å². The number of halogens is 1. The average Bonchev–Trinajstić information content (AvgIpc) is 3.24. The zero-order valence-corrected chi connectivity index (χ0v) is 20.3. The van der Waals surface area contributed by atoms with E-state index in [1.807, 2.05) is 0 Å². The van der Waals surface area contributed by atoms with Crippen LogP contribution in [0.25, 0.3) is 5.69 Å². The molecule has 1 amide bonds. The number of cyclic esters (lactones) is 1. The molecule has 0 unspecified atom stereocenters. The lowest BCUT2D eigenvalue weighted by molar-refractivity contribution is -0.117. The number of ketones is 1. The third-order valence-electron chi connectivity index (χ3n) is 6.71. The van der Waals surface area contributed by atoms with E-state index in [4.69, 9.17) is 10.5 Å². The molecule has 1 saturated heterocycles. The van der Waals surface area contributed by atoms with E-state index in [1.165, 1.54) is 27.3 Å². The molecule has 0 saturated carbocycles. The highest BCUT2D eigenvalue weighted by Gasteiger charge is 2.33. The van der Waals surface area contributed by atoms with Gasteiger partial charge in [-0.3, -0.25) is 4.90 Å². The molecular formula is C25H27FN6O5. The highest BCUT2D eigenvalue weighted by Crippen LogP contribution is 2.29. The van der Waals surface area contributed by atoms with Crippen molar-refractivity contribution in [3.8, 4) is 5.69 Å². The molecule has 11 nitrogen and oxygen atoms in total. The van der Waals surface area contributed by atoms with E-state index in [0.29, 0.717) is 48.7 Å². The maximum atomic E-state index is 15.2. The molecule has 194 valence electrons. The van der Waals surface area contributed by atoms with E-state index in [1.54, 1.807) is 41.3 Å². The van der Waals surface area contributed by atoms with Gasteiger partial charge in [-0.2, -0.15) is 0 Å². The van der Waals surface area contributed by atoms with E-state index >= 15 is 4.39 Å². The molecule has 2 aliphatic rings. The van der Waals surface area contributed by atoms with E-state index in [-0.39, 0.29) is 25.4 Å². The Kier molecular flexibility index (Phi) is 6.32. The number of benzene rings is 2. The van der Waals surface area contributed by atoms with Gasteiger partial charge in [0.05, 0.1) is 36.7 Å². The van der Waals surface area contributed by atoms with E-state index < -0.39 is 29.4 Å². The van der Waals surface area contributed by atoms with Crippen molar-refractivity contribution in [2.24, 2.45) is 0 Å². The first-order valence-corrected chi connectivity index (χ1v) is 12.0. The van der Waals surface area contributed by atoms with Crippen molar-refractivity contribution in [3.05, 3.63) is 69.3 Å². The standard InChI is InChI=1S/C25H27FN6O5/c1-16(33)2-8-20-15-29(25(36)37-20)19-7-9-22(21(26)14-19)28-10-12-30-23(34)32(24(35)31(30)13-11-28)18-5-3-17(27)4-6-18/h3-7,9,14,20H,2,8,10-13,15,27H2,1H3/t20-/m0/s1. The van der Waals surface area contributed by atoms with Crippen LogP contribution in [0.2, 0.25) is 0 Å². The van der Waals surface area contributed by atoms with Crippen molar-refractivity contribution in [2.45, 2.75) is 39.0 Å². The van der Waals surface area contributed by atoms with Crippen molar-refractivity contribution >= 4 is 28.9 Å². The van der Waals surface area contributed by atoms with Crippen LogP contribution >= 0.6 is 0 Å². The molecule has 37 heavy (non-hydrogen) atoms. The molecule has 3 aromatic rings. The topological polar surface area (TPSA) is 125 Å². The van der Waals surface area contributed by atoms with E-state index in [9.17, 15) is 19.2 Å². The number of nitrogen functional groups attached to an aromatic ring is 1. The number of nitrogens with zero attached hydrogens (tertiary/aromatic N) is 5. The lowest BCUT2D eigenvalue weighted by Gasteiger charge is -2.23. The van der Waals surface area contributed by atoms with Crippen LogP contribution in [0, 0.1) is 5.82 Å². The van der Waals surface area contributed by atoms with Gasteiger partial charge < -0.3 is 20.2 Å². The Morgan fingerprint density at radius 3 is 2.19 bits per heavy atom. The molecule has 12 heteroatoms. The Labute approximate surface area is 211 Å². The Balaban J connectivity index is 1.32. The zero-order valence-electron chi connectivity index (χ0n) is 20.3. The van der Waals surface area contributed by atoms with Gasteiger partial charge in [-0.05, 0) is 55.8 Å². The molecule has 2 aromatic carbocycles. The summed E-state index contributed by atoms with van der Waals surface area (Å²) in [5.41, 5.74) is 6.39. The summed E-state index contributed by atoms with van der Waals surface area (Å²) < 4.78 is 24.4. The monoisotopic (exact) mass is 510 g/mol. The highest BCUT2D eigenvalue weighted by atomic mass is 19.1. The van der Waals surface area contributed by atoms with Crippen molar-refractivity contribution < 1.29 is 18.7 Å². The van der Waals surface area contributed by atoms with Crippen LogP contribution in [0.3, 0.4) is 0 Å². The minimum Gasteiger partial charge on any atom is -0.444 e. The number of nitrogens with two attached hydrogens (primary N) is 1. The first-order chi connectivity index (χ1) is 17.7. The molecule has 2 N–H and O–H groups in total. The summed E-state index contributed by atoms with van der Waals surface area (Å²) in [6.07, 6.45) is -0.265. The molecule has 1 atom stereocenters. The van der Waals surface area contributed by atoms with Crippen LogP contribution in [0.5, 0.6) is 0 Å². The third kappa shape index (κ3) is 4.61. The summed E-state index contributed by atoms with van der Waals surface area (Å²) >= 11 is 0. The number of anilines is 3. The second-order valence-electron chi connectivity index (χ2n) is 9.22. The summed E-state index contributed by atoms with van der Waals surface area (Å²) in [6, 6.07) is 11.0. The molecule has 3 heterocycles. The average molecular weight is 511 g/mol. The van der Waals surface area contributed by atoms with E-state index in [2.05, 4.69) is 0 Å². The molecule has 1 aromatic heterocycles. The zero-order chi connectivity index (χ0) is 26.3. The number of carbonyl (C=O) groups is 2. The second-order valence-corrected chi connectivity index (χ2v) is 9.22. The predicted molar refractivity (Wildman–Crippen MR) is 135 cm³/mol. The molecular weight excluding hydrogens is 483 g/mol.